The zero-order valence-corrected chi connectivity index (χ0v) is 15.6. The van der Waals surface area contributed by atoms with Crippen molar-refractivity contribution >= 4 is 6.09 Å². The Morgan fingerprint density at radius 2 is 1.84 bits per heavy atom. The lowest BCUT2D eigenvalue weighted by Gasteiger charge is -2.30. The van der Waals surface area contributed by atoms with Crippen molar-refractivity contribution in [1.82, 2.24) is 10.6 Å². The Bertz CT molecular complexity index is 575. The lowest BCUT2D eigenvalue weighted by Crippen LogP contribution is -2.43. The molecular weight excluding hydrogens is 320 g/mol. The number of aromatic hydroxyl groups is 1. The summed E-state index contributed by atoms with van der Waals surface area (Å²) >= 11 is 0. The molecule has 1 aliphatic rings. The van der Waals surface area contributed by atoms with Gasteiger partial charge in [0.15, 0.2) is 11.5 Å². The molecule has 0 heterocycles. The molecule has 0 aromatic heterocycles. The second-order valence-corrected chi connectivity index (χ2v) is 7.58. The van der Waals surface area contributed by atoms with E-state index in [9.17, 15) is 9.90 Å². The third kappa shape index (κ3) is 6.46. The number of hydrogen-bond acceptors (Lipinski definition) is 5. The van der Waals surface area contributed by atoms with Gasteiger partial charge in [-0.15, -0.1) is 0 Å². The molecular formula is C19H30N2O4. The molecule has 25 heavy (non-hydrogen) atoms. The molecule has 0 atom stereocenters. The van der Waals surface area contributed by atoms with Crippen molar-refractivity contribution in [2.75, 3.05) is 7.11 Å². The second-order valence-electron chi connectivity index (χ2n) is 7.58. The van der Waals surface area contributed by atoms with E-state index in [2.05, 4.69) is 10.6 Å². The summed E-state index contributed by atoms with van der Waals surface area (Å²) in [6.45, 7) is 6.33. The minimum Gasteiger partial charge on any atom is -0.504 e. The fourth-order valence-corrected chi connectivity index (χ4v) is 3.01. The summed E-state index contributed by atoms with van der Waals surface area (Å²) < 4.78 is 10.4. The van der Waals surface area contributed by atoms with E-state index in [4.69, 9.17) is 9.47 Å². The van der Waals surface area contributed by atoms with Gasteiger partial charge in [0.25, 0.3) is 0 Å². The number of phenols is 1. The normalized spacial score (nSPS) is 20.8. The highest BCUT2D eigenvalue weighted by molar-refractivity contribution is 5.68. The zero-order valence-electron chi connectivity index (χ0n) is 15.6. The van der Waals surface area contributed by atoms with E-state index >= 15 is 0 Å². The molecule has 1 aliphatic carbocycles. The molecule has 0 radical (unpaired) electrons. The maximum Gasteiger partial charge on any atom is 0.407 e. The van der Waals surface area contributed by atoms with Gasteiger partial charge in [-0.05, 0) is 64.2 Å². The van der Waals surface area contributed by atoms with Gasteiger partial charge in [-0.25, -0.2) is 4.79 Å². The molecule has 0 bridgehead atoms. The zero-order chi connectivity index (χ0) is 18.4. The van der Waals surface area contributed by atoms with Crippen LogP contribution in [0.3, 0.4) is 0 Å². The van der Waals surface area contributed by atoms with E-state index in [0.717, 1.165) is 37.8 Å². The molecule has 2 rings (SSSR count). The first-order valence-corrected chi connectivity index (χ1v) is 8.85. The minimum absolute atomic E-state index is 0.153. The van der Waals surface area contributed by atoms with Crippen LogP contribution in [0.2, 0.25) is 0 Å². The number of carbonyl (C=O) groups is 1. The maximum absolute atomic E-state index is 11.8. The lowest BCUT2D eigenvalue weighted by molar-refractivity contribution is 0.0489. The van der Waals surface area contributed by atoms with Crippen LogP contribution in [0.5, 0.6) is 11.5 Å². The topological polar surface area (TPSA) is 79.8 Å². The molecule has 1 amide bonds. The summed E-state index contributed by atoms with van der Waals surface area (Å²) in [5.41, 5.74) is 0.609. The Morgan fingerprint density at radius 3 is 2.44 bits per heavy atom. The summed E-state index contributed by atoms with van der Waals surface area (Å²) in [7, 11) is 1.55. The third-order valence-electron chi connectivity index (χ3n) is 4.29. The number of carbonyl (C=O) groups excluding carboxylic acids is 1. The molecule has 0 saturated heterocycles. The van der Waals surface area contributed by atoms with E-state index < -0.39 is 5.60 Å². The number of phenolic OH excluding ortho intramolecular Hbond substituents is 1. The van der Waals surface area contributed by atoms with Gasteiger partial charge in [-0.1, -0.05) is 6.07 Å². The monoisotopic (exact) mass is 350 g/mol. The van der Waals surface area contributed by atoms with Gasteiger partial charge >= 0.3 is 6.09 Å². The molecule has 0 aliphatic heterocycles. The van der Waals surface area contributed by atoms with Gasteiger partial charge in [-0.3, -0.25) is 0 Å². The van der Waals surface area contributed by atoms with Crippen LogP contribution in [0, 0.1) is 0 Å². The maximum atomic E-state index is 11.8. The predicted octanol–water partition coefficient (Wildman–Crippen LogP) is 3.33. The highest BCUT2D eigenvalue weighted by Gasteiger charge is 2.24. The standard InChI is InChI=1S/C19H30N2O4/c1-19(2,3)25-18(23)21-15-8-6-14(7-9-15)20-12-13-5-10-16(22)17(11-13)24-4/h5,10-11,14-15,20,22H,6-9,12H2,1-4H3,(H,21,23). The first-order valence-electron chi connectivity index (χ1n) is 8.85. The average Bonchev–Trinajstić information content (AvgIpc) is 2.53. The van der Waals surface area contributed by atoms with E-state index in [-0.39, 0.29) is 17.9 Å². The molecule has 0 unspecified atom stereocenters. The summed E-state index contributed by atoms with van der Waals surface area (Å²) in [6.07, 6.45) is 3.57. The van der Waals surface area contributed by atoms with Gasteiger partial charge in [0, 0.05) is 18.6 Å². The molecule has 6 heteroatoms. The van der Waals surface area contributed by atoms with Gasteiger partial charge in [0.05, 0.1) is 7.11 Å². The molecule has 140 valence electrons. The van der Waals surface area contributed by atoms with Crippen molar-refractivity contribution < 1.29 is 19.4 Å². The fourth-order valence-electron chi connectivity index (χ4n) is 3.01. The number of ether oxygens (including phenoxy) is 2. The van der Waals surface area contributed by atoms with Crippen LogP contribution in [-0.4, -0.2) is 36.0 Å². The minimum atomic E-state index is -0.464. The number of nitrogens with one attached hydrogen (secondary N) is 2. The van der Waals surface area contributed by atoms with E-state index in [1.165, 1.54) is 0 Å². The van der Waals surface area contributed by atoms with Crippen LogP contribution in [0.1, 0.15) is 52.0 Å². The van der Waals surface area contributed by atoms with Crippen molar-refractivity contribution in [3.8, 4) is 11.5 Å². The van der Waals surface area contributed by atoms with Crippen molar-refractivity contribution in [2.45, 2.75) is 70.7 Å². The second kappa shape index (κ2) is 8.43. The van der Waals surface area contributed by atoms with Crippen LogP contribution >= 0.6 is 0 Å². The Balaban J connectivity index is 1.73. The van der Waals surface area contributed by atoms with Crippen LogP contribution in [0.25, 0.3) is 0 Å². The quantitative estimate of drug-likeness (QED) is 0.759. The van der Waals surface area contributed by atoms with Crippen molar-refractivity contribution in [3.63, 3.8) is 0 Å². The SMILES string of the molecule is COc1cc(CNC2CCC(NC(=O)OC(C)(C)C)CC2)ccc1O. The van der Waals surface area contributed by atoms with Crippen LogP contribution < -0.4 is 15.4 Å². The third-order valence-corrected chi connectivity index (χ3v) is 4.29. The first-order chi connectivity index (χ1) is 11.8. The Morgan fingerprint density at radius 1 is 1.20 bits per heavy atom. The Labute approximate surface area is 149 Å². The molecule has 3 N–H and O–H groups in total. The Hall–Kier alpha value is -1.95. The lowest BCUT2D eigenvalue weighted by atomic mass is 9.91. The molecule has 1 saturated carbocycles. The summed E-state index contributed by atoms with van der Waals surface area (Å²) in [6, 6.07) is 5.99. The first kappa shape index (κ1) is 19.4. The number of amides is 1. The molecule has 0 spiro atoms. The van der Waals surface area contributed by atoms with Crippen LogP contribution in [0.4, 0.5) is 4.79 Å². The van der Waals surface area contributed by atoms with Crippen molar-refractivity contribution in [1.29, 1.82) is 0 Å². The number of hydrogen-bond donors (Lipinski definition) is 3. The van der Waals surface area contributed by atoms with Gasteiger partial charge < -0.3 is 25.2 Å². The number of methoxy groups -OCH3 is 1. The molecule has 1 fully saturated rings. The highest BCUT2D eigenvalue weighted by Crippen LogP contribution is 2.26. The highest BCUT2D eigenvalue weighted by atomic mass is 16.6. The summed E-state index contributed by atoms with van der Waals surface area (Å²) in [4.78, 5) is 11.8. The fraction of sp³-hybridized carbons (Fsp3) is 0.632. The van der Waals surface area contributed by atoms with E-state index in [1.807, 2.05) is 32.9 Å². The molecule has 1 aromatic carbocycles. The number of alkyl carbamates (subject to hydrolysis) is 1. The summed E-state index contributed by atoms with van der Waals surface area (Å²) in [5.74, 6) is 0.643. The van der Waals surface area contributed by atoms with Gasteiger partial charge in [-0.2, -0.15) is 0 Å². The largest absolute Gasteiger partial charge is 0.504 e. The van der Waals surface area contributed by atoms with E-state index in [1.54, 1.807) is 13.2 Å². The average molecular weight is 350 g/mol. The molecule has 1 aromatic rings. The van der Waals surface area contributed by atoms with Crippen molar-refractivity contribution in [3.05, 3.63) is 23.8 Å². The molecule has 6 nitrogen and oxygen atoms in total. The number of rotatable bonds is 5. The van der Waals surface area contributed by atoms with Gasteiger partial charge in [0.2, 0.25) is 0 Å². The van der Waals surface area contributed by atoms with Gasteiger partial charge in [0.1, 0.15) is 5.60 Å². The van der Waals surface area contributed by atoms with Crippen LogP contribution in [0.15, 0.2) is 18.2 Å². The van der Waals surface area contributed by atoms with E-state index in [0.29, 0.717) is 11.8 Å². The summed E-state index contributed by atoms with van der Waals surface area (Å²) in [5, 5.41) is 16.1. The van der Waals surface area contributed by atoms with Crippen LogP contribution in [-0.2, 0) is 11.3 Å². The number of benzene rings is 1. The smallest absolute Gasteiger partial charge is 0.407 e. The predicted molar refractivity (Wildman–Crippen MR) is 96.9 cm³/mol. The van der Waals surface area contributed by atoms with Crippen molar-refractivity contribution in [2.24, 2.45) is 0 Å². The Kier molecular flexibility index (Phi) is 6.53.